The lowest BCUT2D eigenvalue weighted by Crippen LogP contribution is -2.42. The number of esters is 1. The molecule has 0 fully saturated rings. The van der Waals surface area contributed by atoms with Crippen molar-refractivity contribution in [3.8, 4) is 0 Å². The minimum absolute atomic E-state index is 0.0875. The summed E-state index contributed by atoms with van der Waals surface area (Å²) in [5.74, 6) is -2.20. The predicted molar refractivity (Wildman–Crippen MR) is 132 cm³/mol. The summed E-state index contributed by atoms with van der Waals surface area (Å²) in [6.45, 7) is -0.522. The number of nitrogen functional groups attached to an aromatic ring is 1. The highest BCUT2D eigenvalue weighted by atomic mass is 32.2. The zero-order chi connectivity index (χ0) is 26.2. The van der Waals surface area contributed by atoms with Gasteiger partial charge in [0.2, 0.25) is 5.78 Å². The van der Waals surface area contributed by atoms with Crippen molar-refractivity contribution in [3.63, 3.8) is 0 Å². The van der Waals surface area contributed by atoms with Gasteiger partial charge >= 0.3 is 11.7 Å². The van der Waals surface area contributed by atoms with Gasteiger partial charge in [0, 0.05) is 20.6 Å². The van der Waals surface area contributed by atoms with Crippen molar-refractivity contribution in [2.45, 2.75) is 17.7 Å². The van der Waals surface area contributed by atoms with Crippen LogP contribution in [0, 0.1) is 0 Å². The minimum Gasteiger partial charge on any atom is -0.454 e. The second-order valence-corrected chi connectivity index (χ2v) is 10.2. The Morgan fingerprint density at radius 1 is 1.03 bits per heavy atom. The van der Waals surface area contributed by atoms with E-state index in [1.807, 2.05) is 12.1 Å². The Labute approximate surface area is 206 Å². The van der Waals surface area contributed by atoms with E-state index in [-0.39, 0.29) is 16.3 Å². The zero-order valence-corrected chi connectivity index (χ0v) is 20.4. The molecule has 11 nitrogen and oxygen atoms in total. The van der Waals surface area contributed by atoms with E-state index in [4.69, 9.17) is 10.5 Å². The second-order valence-electron chi connectivity index (χ2n) is 8.30. The van der Waals surface area contributed by atoms with E-state index >= 15 is 0 Å². The summed E-state index contributed by atoms with van der Waals surface area (Å²) in [6, 6.07) is 12.6. The first-order valence-electron chi connectivity index (χ1n) is 11.0. The monoisotopic (exact) mass is 512 g/mol. The van der Waals surface area contributed by atoms with Crippen LogP contribution < -0.4 is 21.3 Å². The molecule has 0 amide bonds. The molecule has 1 aromatic heterocycles. The number of carbonyl (C=O) groups excluding carboxylic acids is 2. The molecule has 12 heteroatoms. The summed E-state index contributed by atoms with van der Waals surface area (Å²) in [5.41, 5.74) is 5.09. The normalized spacial score (nSPS) is 13.2. The molecule has 0 unspecified atom stereocenters. The number of hydrogen-bond donors (Lipinski definition) is 1. The van der Waals surface area contributed by atoms with Crippen molar-refractivity contribution >= 4 is 33.3 Å². The SMILES string of the molecule is Cn1c(N)c(C(=O)COC(=O)c2cccc(S(=O)(=O)N3CCCc4ccccc43)c2)c(=O)n(C)c1=O. The highest BCUT2D eigenvalue weighted by Crippen LogP contribution is 2.32. The first-order valence-corrected chi connectivity index (χ1v) is 12.4. The van der Waals surface area contributed by atoms with E-state index in [9.17, 15) is 27.6 Å². The van der Waals surface area contributed by atoms with Gasteiger partial charge in [-0.25, -0.2) is 18.0 Å². The molecule has 2 heterocycles. The van der Waals surface area contributed by atoms with Gasteiger partial charge in [-0.3, -0.25) is 23.0 Å². The number of fused-ring (bicyclic) bond motifs is 1. The summed E-state index contributed by atoms with van der Waals surface area (Å²) in [6.07, 6.45) is 1.43. The highest BCUT2D eigenvalue weighted by Gasteiger charge is 2.29. The smallest absolute Gasteiger partial charge is 0.338 e. The fourth-order valence-corrected chi connectivity index (χ4v) is 5.66. The number of ether oxygens (including phenoxy) is 1. The lowest BCUT2D eigenvalue weighted by molar-refractivity contribution is 0.0474. The molecule has 188 valence electrons. The van der Waals surface area contributed by atoms with Crippen molar-refractivity contribution in [2.75, 3.05) is 23.2 Å². The molecule has 0 atom stereocenters. The lowest BCUT2D eigenvalue weighted by Gasteiger charge is -2.30. The molecule has 1 aliphatic heterocycles. The molecule has 4 rings (SSSR count). The number of nitrogens with two attached hydrogens (primary N) is 1. The molecule has 0 saturated heterocycles. The van der Waals surface area contributed by atoms with Crippen molar-refractivity contribution in [2.24, 2.45) is 14.1 Å². The van der Waals surface area contributed by atoms with Crippen LogP contribution in [-0.4, -0.2) is 42.5 Å². The van der Waals surface area contributed by atoms with Crippen LogP contribution in [0.15, 0.2) is 63.0 Å². The van der Waals surface area contributed by atoms with Gasteiger partial charge in [0.15, 0.2) is 6.61 Å². The molecule has 0 radical (unpaired) electrons. The number of ketones is 1. The van der Waals surface area contributed by atoms with Crippen LogP contribution in [0.4, 0.5) is 11.5 Å². The molecule has 0 bridgehead atoms. The number of sulfonamides is 1. The first-order chi connectivity index (χ1) is 17.0. The Hall–Kier alpha value is -4.19. The fourth-order valence-electron chi connectivity index (χ4n) is 4.07. The third kappa shape index (κ3) is 4.31. The number of carbonyl (C=O) groups is 2. The number of nitrogens with zero attached hydrogens (tertiary/aromatic N) is 3. The molecule has 2 N–H and O–H groups in total. The molecule has 2 aromatic carbocycles. The number of rotatable bonds is 6. The van der Waals surface area contributed by atoms with Crippen molar-refractivity contribution in [1.82, 2.24) is 9.13 Å². The quantitative estimate of drug-likeness (QED) is 0.377. The largest absolute Gasteiger partial charge is 0.454 e. The standard InChI is InChI=1S/C24H24N4O7S/c1-26-21(25)20(22(30)27(2)24(26)32)19(29)14-35-23(31)16-8-5-10-17(13-16)36(33,34)28-12-6-9-15-7-3-4-11-18(15)28/h3-5,7-8,10-11,13H,6,9,12,14,25H2,1-2H3. The van der Waals surface area contributed by atoms with Crippen LogP contribution in [0.3, 0.4) is 0 Å². The van der Waals surface area contributed by atoms with Crippen LogP contribution in [0.1, 0.15) is 32.7 Å². The first kappa shape index (κ1) is 24.9. The lowest BCUT2D eigenvalue weighted by atomic mass is 10.0. The number of para-hydroxylation sites is 1. The van der Waals surface area contributed by atoms with E-state index in [0.717, 1.165) is 21.1 Å². The van der Waals surface area contributed by atoms with Gasteiger partial charge in [0.25, 0.3) is 15.6 Å². The van der Waals surface area contributed by atoms with Gasteiger partial charge in [-0.2, -0.15) is 0 Å². The maximum atomic E-state index is 13.4. The molecule has 36 heavy (non-hydrogen) atoms. The van der Waals surface area contributed by atoms with Gasteiger partial charge in [-0.05, 0) is 42.7 Å². The van der Waals surface area contributed by atoms with Crippen molar-refractivity contribution in [1.29, 1.82) is 0 Å². The molecule has 0 saturated carbocycles. The Balaban J connectivity index is 1.56. The second kappa shape index (κ2) is 9.46. The van der Waals surface area contributed by atoms with Gasteiger partial charge in [0.1, 0.15) is 11.4 Å². The number of benzene rings is 2. The van der Waals surface area contributed by atoms with Crippen LogP contribution in [-0.2, 0) is 35.3 Å². The number of anilines is 2. The maximum Gasteiger partial charge on any atom is 0.338 e. The Morgan fingerprint density at radius 2 is 1.75 bits per heavy atom. The fraction of sp³-hybridized carbons (Fsp3) is 0.250. The van der Waals surface area contributed by atoms with E-state index in [1.165, 1.54) is 42.7 Å². The Bertz CT molecular complexity index is 1610. The number of Topliss-reactive ketones (excluding diaryl/α,β-unsaturated/α-hetero) is 1. The Kier molecular flexibility index (Phi) is 6.55. The Morgan fingerprint density at radius 3 is 2.50 bits per heavy atom. The molecule has 0 aliphatic carbocycles. The summed E-state index contributed by atoms with van der Waals surface area (Å²) in [5, 5.41) is 0. The highest BCUT2D eigenvalue weighted by molar-refractivity contribution is 7.92. The van der Waals surface area contributed by atoms with Crippen LogP contribution in [0.5, 0.6) is 0 Å². The van der Waals surface area contributed by atoms with Gasteiger partial charge in [0.05, 0.1) is 16.1 Å². The molecular weight excluding hydrogens is 488 g/mol. The third-order valence-electron chi connectivity index (χ3n) is 6.05. The van der Waals surface area contributed by atoms with Crippen LogP contribution >= 0.6 is 0 Å². The van der Waals surface area contributed by atoms with E-state index in [2.05, 4.69) is 0 Å². The predicted octanol–water partition coefficient (Wildman–Crippen LogP) is 0.847. The number of aromatic nitrogens is 2. The zero-order valence-electron chi connectivity index (χ0n) is 19.6. The summed E-state index contributed by atoms with van der Waals surface area (Å²) < 4.78 is 34.8. The third-order valence-corrected chi connectivity index (χ3v) is 7.86. The summed E-state index contributed by atoms with van der Waals surface area (Å²) >= 11 is 0. The van der Waals surface area contributed by atoms with Crippen LogP contribution in [0.25, 0.3) is 0 Å². The van der Waals surface area contributed by atoms with Crippen molar-refractivity contribution in [3.05, 3.63) is 86.1 Å². The van der Waals surface area contributed by atoms with E-state index < -0.39 is 45.2 Å². The minimum atomic E-state index is -3.96. The van der Waals surface area contributed by atoms with Crippen LogP contribution in [0.2, 0.25) is 0 Å². The summed E-state index contributed by atoms with van der Waals surface area (Å²) in [4.78, 5) is 49.4. The molecule has 1 aliphatic rings. The van der Waals surface area contributed by atoms with Gasteiger partial charge < -0.3 is 10.5 Å². The molecule has 3 aromatic rings. The molecule has 0 spiro atoms. The number of hydrogen-bond acceptors (Lipinski definition) is 8. The summed E-state index contributed by atoms with van der Waals surface area (Å²) in [7, 11) is -1.47. The maximum absolute atomic E-state index is 13.4. The van der Waals surface area contributed by atoms with E-state index in [1.54, 1.807) is 12.1 Å². The topological polar surface area (TPSA) is 151 Å². The average molecular weight is 513 g/mol. The van der Waals surface area contributed by atoms with Gasteiger partial charge in [-0.1, -0.05) is 24.3 Å². The molecular formula is C24H24N4O7S. The number of aryl methyl sites for hydroxylation is 1. The van der Waals surface area contributed by atoms with E-state index in [0.29, 0.717) is 18.7 Å². The van der Waals surface area contributed by atoms with Gasteiger partial charge in [-0.15, -0.1) is 0 Å². The average Bonchev–Trinajstić information content (AvgIpc) is 2.89. The van der Waals surface area contributed by atoms with Crippen molar-refractivity contribution < 1.29 is 22.7 Å².